The number of nitrogens with one attached hydrogen (secondary N) is 1. The highest BCUT2D eigenvalue weighted by Gasteiger charge is 2.20. The van der Waals surface area contributed by atoms with Crippen LogP contribution < -0.4 is 9.46 Å². The number of hydrogen-bond donors (Lipinski definition) is 1. The van der Waals surface area contributed by atoms with Crippen LogP contribution in [0.4, 0.5) is 10.1 Å². The molecule has 0 radical (unpaired) electrons. The van der Waals surface area contributed by atoms with Crippen molar-refractivity contribution in [2.24, 2.45) is 0 Å². The number of anilines is 1. The monoisotopic (exact) mass is 425 g/mol. The number of benzene rings is 3. The maximum atomic E-state index is 13.3. The molecule has 30 heavy (non-hydrogen) atoms. The van der Waals surface area contributed by atoms with Crippen molar-refractivity contribution in [2.45, 2.75) is 25.5 Å². The molecular weight excluding hydrogens is 405 g/mol. The van der Waals surface area contributed by atoms with Gasteiger partial charge in [-0.05, 0) is 48.9 Å². The molecule has 1 heterocycles. The molecule has 0 saturated carbocycles. The number of aryl methyl sites for hydroxylation is 1. The second-order valence-electron chi connectivity index (χ2n) is 6.89. The van der Waals surface area contributed by atoms with Crippen molar-refractivity contribution >= 4 is 26.5 Å². The van der Waals surface area contributed by atoms with Gasteiger partial charge in [-0.2, -0.15) is 5.10 Å². The van der Waals surface area contributed by atoms with Crippen molar-refractivity contribution < 1.29 is 17.5 Å². The van der Waals surface area contributed by atoms with Crippen LogP contribution in [0.3, 0.4) is 0 Å². The number of nitrogens with zero attached hydrogens (tertiary/aromatic N) is 2. The Bertz CT molecular complexity index is 1330. The molecule has 1 aromatic heterocycles. The van der Waals surface area contributed by atoms with Gasteiger partial charge in [0.15, 0.2) is 6.73 Å². The summed E-state index contributed by atoms with van der Waals surface area (Å²) in [6.07, 6.45) is 0. The zero-order valence-electron chi connectivity index (χ0n) is 16.5. The lowest BCUT2D eigenvalue weighted by Crippen LogP contribution is -2.14. The van der Waals surface area contributed by atoms with Gasteiger partial charge in [-0.1, -0.05) is 36.4 Å². The molecule has 8 heteroatoms. The number of fused-ring (bicyclic) bond motifs is 1. The highest BCUT2D eigenvalue weighted by Crippen LogP contribution is 2.25. The second-order valence-corrected chi connectivity index (χ2v) is 8.57. The van der Waals surface area contributed by atoms with Crippen LogP contribution >= 0.6 is 0 Å². The molecule has 154 valence electrons. The van der Waals surface area contributed by atoms with E-state index in [0.717, 1.165) is 10.8 Å². The van der Waals surface area contributed by atoms with Gasteiger partial charge >= 0.3 is 0 Å². The minimum atomic E-state index is -3.80. The minimum absolute atomic E-state index is 0.0217. The summed E-state index contributed by atoms with van der Waals surface area (Å²) in [5.41, 5.74) is 1.50. The van der Waals surface area contributed by atoms with E-state index in [2.05, 4.69) is 9.82 Å². The first-order valence-corrected chi connectivity index (χ1v) is 10.8. The number of sulfonamides is 1. The summed E-state index contributed by atoms with van der Waals surface area (Å²) in [6, 6.07) is 18.3. The number of aromatic nitrogens is 2. The smallest absolute Gasteiger partial charge is 0.262 e. The zero-order chi connectivity index (χ0) is 21.3. The van der Waals surface area contributed by atoms with Gasteiger partial charge in [0, 0.05) is 6.07 Å². The molecule has 0 aliphatic rings. The summed E-state index contributed by atoms with van der Waals surface area (Å²) in [7, 11) is -3.80. The minimum Gasteiger partial charge on any atom is -0.471 e. The summed E-state index contributed by atoms with van der Waals surface area (Å²) in [5, 5.41) is 6.15. The largest absolute Gasteiger partial charge is 0.471 e. The Morgan fingerprint density at radius 3 is 2.53 bits per heavy atom. The Hall–Kier alpha value is -3.39. The number of halogens is 1. The van der Waals surface area contributed by atoms with Gasteiger partial charge in [0.25, 0.3) is 10.0 Å². The lowest BCUT2D eigenvalue weighted by molar-refractivity contribution is 0.217. The lowest BCUT2D eigenvalue weighted by atomic mass is 10.1. The molecule has 0 unspecified atom stereocenters. The Morgan fingerprint density at radius 2 is 1.77 bits per heavy atom. The SMILES string of the molecule is Cc1nn(COc2cccc(F)c2)c(C)c1NS(=O)(=O)c1ccc2ccccc2c1. The molecular formula is C22H20FN3O3S. The summed E-state index contributed by atoms with van der Waals surface area (Å²) >= 11 is 0. The van der Waals surface area contributed by atoms with Crippen LogP contribution in [0.25, 0.3) is 10.8 Å². The summed E-state index contributed by atoms with van der Waals surface area (Å²) in [6.45, 7) is 3.48. The van der Waals surface area contributed by atoms with E-state index >= 15 is 0 Å². The Kier molecular flexibility index (Phi) is 5.17. The average molecular weight is 425 g/mol. The third-order valence-corrected chi connectivity index (χ3v) is 6.15. The van der Waals surface area contributed by atoms with E-state index in [1.165, 1.54) is 16.8 Å². The van der Waals surface area contributed by atoms with Crippen molar-refractivity contribution in [2.75, 3.05) is 4.72 Å². The zero-order valence-corrected chi connectivity index (χ0v) is 17.3. The van der Waals surface area contributed by atoms with E-state index in [9.17, 15) is 12.8 Å². The molecule has 0 atom stereocenters. The van der Waals surface area contributed by atoms with E-state index in [4.69, 9.17) is 4.74 Å². The van der Waals surface area contributed by atoms with Crippen LogP contribution in [0, 0.1) is 19.7 Å². The molecule has 0 bridgehead atoms. The molecule has 0 aliphatic carbocycles. The second kappa shape index (κ2) is 7.79. The van der Waals surface area contributed by atoms with Crippen molar-refractivity contribution in [3.8, 4) is 5.75 Å². The van der Waals surface area contributed by atoms with Crippen LogP contribution in [0.5, 0.6) is 5.75 Å². The molecule has 0 fully saturated rings. The average Bonchev–Trinajstić information content (AvgIpc) is 2.99. The highest BCUT2D eigenvalue weighted by molar-refractivity contribution is 7.92. The standard InChI is InChI=1S/C22H20FN3O3S/c1-15-22(16(2)26(24-15)14-29-20-9-5-8-19(23)13-20)25-30(27,28)21-11-10-17-6-3-4-7-18(17)12-21/h3-13,25H,14H2,1-2H3. The normalized spacial score (nSPS) is 11.6. The highest BCUT2D eigenvalue weighted by atomic mass is 32.2. The fourth-order valence-electron chi connectivity index (χ4n) is 3.19. The molecule has 0 aliphatic heterocycles. The van der Waals surface area contributed by atoms with Gasteiger partial charge in [0.05, 0.1) is 22.0 Å². The van der Waals surface area contributed by atoms with Crippen LogP contribution in [0.1, 0.15) is 11.4 Å². The van der Waals surface area contributed by atoms with Crippen LogP contribution in [-0.4, -0.2) is 18.2 Å². The molecule has 4 rings (SSSR count). The van der Waals surface area contributed by atoms with Gasteiger partial charge in [-0.3, -0.25) is 4.72 Å². The molecule has 1 N–H and O–H groups in total. The predicted molar refractivity (Wildman–Crippen MR) is 113 cm³/mol. The molecule has 0 spiro atoms. The molecule has 4 aromatic rings. The van der Waals surface area contributed by atoms with Crippen molar-refractivity contribution in [1.82, 2.24) is 9.78 Å². The maximum Gasteiger partial charge on any atom is 0.262 e. The van der Waals surface area contributed by atoms with Gasteiger partial charge in [0.1, 0.15) is 11.6 Å². The van der Waals surface area contributed by atoms with E-state index in [1.54, 1.807) is 44.2 Å². The number of ether oxygens (including phenoxy) is 1. The van der Waals surface area contributed by atoms with Crippen molar-refractivity contribution in [3.05, 3.63) is 83.9 Å². The summed E-state index contributed by atoms with van der Waals surface area (Å²) in [4.78, 5) is 0.170. The first kappa shape index (κ1) is 19.9. The van der Waals surface area contributed by atoms with Gasteiger partial charge in [0.2, 0.25) is 0 Å². The fraction of sp³-hybridized carbons (Fsp3) is 0.136. The Morgan fingerprint density at radius 1 is 1.00 bits per heavy atom. The Labute approximate surface area is 174 Å². The maximum absolute atomic E-state index is 13.3. The Balaban J connectivity index is 1.57. The van der Waals surface area contributed by atoms with Crippen LogP contribution in [-0.2, 0) is 16.8 Å². The van der Waals surface area contributed by atoms with Gasteiger partial charge in [-0.25, -0.2) is 17.5 Å². The number of rotatable bonds is 6. The quantitative estimate of drug-likeness (QED) is 0.489. The molecule has 3 aromatic carbocycles. The number of hydrogen-bond acceptors (Lipinski definition) is 4. The van der Waals surface area contributed by atoms with E-state index in [1.807, 2.05) is 24.3 Å². The first-order valence-electron chi connectivity index (χ1n) is 9.27. The fourth-order valence-corrected chi connectivity index (χ4v) is 4.40. The lowest BCUT2D eigenvalue weighted by Gasteiger charge is -2.11. The van der Waals surface area contributed by atoms with E-state index < -0.39 is 15.8 Å². The topological polar surface area (TPSA) is 73.2 Å². The van der Waals surface area contributed by atoms with Crippen molar-refractivity contribution in [3.63, 3.8) is 0 Å². The molecule has 6 nitrogen and oxygen atoms in total. The van der Waals surface area contributed by atoms with E-state index in [-0.39, 0.29) is 11.6 Å². The first-order chi connectivity index (χ1) is 14.3. The van der Waals surface area contributed by atoms with Crippen LogP contribution in [0.2, 0.25) is 0 Å². The predicted octanol–water partition coefficient (Wildman–Crippen LogP) is 4.63. The van der Waals surface area contributed by atoms with E-state index in [0.29, 0.717) is 22.8 Å². The van der Waals surface area contributed by atoms with Crippen LogP contribution in [0.15, 0.2) is 71.6 Å². The van der Waals surface area contributed by atoms with Gasteiger partial charge in [-0.15, -0.1) is 0 Å². The summed E-state index contributed by atoms with van der Waals surface area (Å²) in [5.74, 6) is -0.0365. The molecule has 0 amide bonds. The summed E-state index contributed by atoms with van der Waals surface area (Å²) < 4.78 is 48.9. The van der Waals surface area contributed by atoms with Crippen molar-refractivity contribution in [1.29, 1.82) is 0 Å². The molecule has 0 saturated heterocycles. The van der Waals surface area contributed by atoms with Gasteiger partial charge < -0.3 is 4.74 Å². The third-order valence-electron chi connectivity index (χ3n) is 4.80. The third kappa shape index (κ3) is 3.99.